The van der Waals surface area contributed by atoms with Crippen LogP contribution < -0.4 is 5.43 Å². The zero-order chi connectivity index (χ0) is 16.1. The van der Waals surface area contributed by atoms with Crippen molar-refractivity contribution in [3.63, 3.8) is 0 Å². The summed E-state index contributed by atoms with van der Waals surface area (Å²) >= 11 is 0. The van der Waals surface area contributed by atoms with Crippen molar-refractivity contribution in [2.45, 2.75) is 6.42 Å². The first-order valence-electron chi connectivity index (χ1n) is 7.30. The molecule has 0 radical (unpaired) electrons. The molecular formula is C19H16N2O2. The van der Waals surface area contributed by atoms with Gasteiger partial charge in [0.15, 0.2) is 0 Å². The minimum Gasteiger partial charge on any atom is -0.507 e. The third-order valence-electron chi connectivity index (χ3n) is 3.56. The van der Waals surface area contributed by atoms with E-state index in [1.165, 1.54) is 6.21 Å². The topological polar surface area (TPSA) is 61.7 Å². The lowest BCUT2D eigenvalue weighted by atomic mass is 10.0. The van der Waals surface area contributed by atoms with Crippen molar-refractivity contribution in [3.05, 3.63) is 77.9 Å². The average molecular weight is 304 g/mol. The predicted octanol–water partition coefficient (Wildman–Crippen LogP) is 3.24. The summed E-state index contributed by atoms with van der Waals surface area (Å²) in [5, 5.41) is 15.7. The van der Waals surface area contributed by atoms with Crippen LogP contribution in [0.15, 0.2) is 71.8 Å². The highest BCUT2D eigenvalue weighted by atomic mass is 16.3. The molecule has 0 aromatic heterocycles. The Morgan fingerprint density at radius 2 is 1.74 bits per heavy atom. The highest BCUT2D eigenvalue weighted by Crippen LogP contribution is 2.18. The van der Waals surface area contributed by atoms with Crippen molar-refractivity contribution >= 4 is 22.9 Å². The first kappa shape index (κ1) is 14.8. The minimum absolute atomic E-state index is 0.125. The van der Waals surface area contributed by atoms with Crippen molar-refractivity contribution in [2.24, 2.45) is 5.10 Å². The first-order chi connectivity index (χ1) is 11.2. The highest BCUT2D eigenvalue weighted by molar-refractivity contribution is 5.91. The Labute approximate surface area is 134 Å². The van der Waals surface area contributed by atoms with E-state index in [4.69, 9.17) is 0 Å². The van der Waals surface area contributed by atoms with Gasteiger partial charge in [0.1, 0.15) is 5.75 Å². The lowest BCUT2D eigenvalue weighted by molar-refractivity contribution is -0.120. The number of hydrazone groups is 1. The van der Waals surface area contributed by atoms with E-state index >= 15 is 0 Å². The lowest BCUT2D eigenvalue weighted by Crippen LogP contribution is -2.19. The fourth-order valence-corrected chi connectivity index (χ4v) is 2.43. The summed E-state index contributed by atoms with van der Waals surface area (Å²) < 4.78 is 0. The number of nitrogens with one attached hydrogen (secondary N) is 1. The average Bonchev–Trinajstić information content (AvgIpc) is 2.57. The normalized spacial score (nSPS) is 11.0. The summed E-state index contributed by atoms with van der Waals surface area (Å²) in [6.07, 6.45) is 1.68. The molecule has 2 N–H and O–H groups in total. The molecule has 0 saturated heterocycles. The molecule has 0 atom stereocenters. The zero-order valence-corrected chi connectivity index (χ0v) is 12.4. The van der Waals surface area contributed by atoms with Crippen LogP contribution in [0.3, 0.4) is 0 Å². The van der Waals surface area contributed by atoms with Crippen molar-refractivity contribution < 1.29 is 9.90 Å². The molecule has 1 amide bonds. The van der Waals surface area contributed by atoms with E-state index in [1.54, 1.807) is 24.3 Å². The number of rotatable bonds is 4. The molecule has 0 aliphatic carbocycles. The summed E-state index contributed by atoms with van der Waals surface area (Å²) in [5.74, 6) is -0.0763. The van der Waals surface area contributed by atoms with E-state index in [0.29, 0.717) is 5.56 Å². The Bertz CT molecular complexity index is 867. The standard InChI is InChI=1S/C19H16N2O2/c22-18-11-4-2-7-16(18)13-20-21-19(23)12-15-9-5-8-14-6-1-3-10-17(14)15/h1-11,13,22H,12H2,(H,21,23)/b20-13+. The molecule has 0 fully saturated rings. The number of benzene rings is 3. The summed E-state index contributed by atoms with van der Waals surface area (Å²) in [5.41, 5.74) is 4.00. The van der Waals surface area contributed by atoms with Gasteiger partial charge in [0.05, 0.1) is 12.6 Å². The smallest absolute Gasteiger partial charge is 0.244 e. The van der Waals surface area contributed by atoms with Gasteiger partial charge in [-0.2, -0.15) is 5.10 Å². The molecular weight excluding hydrogens is 288 g/mol. The van der Waals surface area contributed by atoms with Crippen molar-refractivity contribution in [1.82, 2.24) is 5.43 Å². The van der Waals surface area contributed by atoms with E-state index in [-0.39, 0.29) is 18.1 Å². The van der Waals surface area contributed by atoms with Crippen LogP contribution >= 0.6 is 0 Å². The van der Waals surface area contributed by atoms with Crippen LogP contribution in [-0.4, -0.2) is 17.2 Å². The summed E-state index contributed by atoms with van der Waals surface area (Å²) in [4.78, 5) is 12.0. The molecule has 4 nitrogen and oxygen atoms in total. The molecule has 0 aliphatic heterocycles. The molecule has 23 heavy (non-hydrogen) atoms. The molecule has 114 valence electrons. The molecule has 0 aliphatic rings. The number of nitrogens with zero attached hydrogens (tertiary/aromatic N) is 1. The predicted molar refractivity (Wildman–Crippen MR) is 91.5 cm³/mol. The van der Waals surface area contributed by atoms with Gasteiger partial charge in [0.2, 0.25) is 5.91 Å². The van der Waals surface area contributed by atoms with Gasteiger partial charge in [-0.15, -0.1) is 0 Å². The molecule has 0 unspecified atom stereocenters. The second kappa shape index (κ2) is 6.75. The molecule has 0 bridgehead atoms. The van der Waals surface area contributed by atoms with Gasteiger partial charge in [-0.05, 0) is 28.5 Å². The third kappa shape index (κ3) is 3.55. The van der Waals surface area contributed by atoms with Gasteiger partial charge >= 0.3 is 0 Å². The van der Waals surface area contributed by atoms with Gasteiger partial charge in [0.25, 0.3) is 0 Å². The maximum Gasteiger partial charge on any atom is 0.244 e. The van der Waals surface area contributed by atoms with Crippen molar-refractivity contribution in [2.75, 3.05) is 0 Å². The van der Waals surface area contributed by atoms with Gasteiger partial charge in [-0.1, -0.05) is 54.6 Å². The van der Waals surface area contributed by atoms with Crippen LogP contribution in [0.25, 0.3) is 10.8 Å². The van der Waals surface area contributed by atoms with Crippen molar-refractivity contribution in [1.29, 1.82) is 0 Å². The van der Waals surface area contributed by atoms with Crippen LogP contribution in [0.2, 0.25) is 0 Å². The van der Waals surface area contributed by atoms with Crippen LogP contribution in [0.1, 0.15) is 11.1 Å². The summed E-state index contributed by atoms with van der Waals surface area (Å²) in [6.45, 7) is 0. The van der Waals surface area contributed by atoms with Crippen LogP contribution in [0.4, 0.5) is 0 Å². The maximum atomic E-state index is 12.0. The fourth-order valence-electron chi connectivity index (χ4n) is 2.43. The molecule has 3 rings (SSSR count). The lowest BCUT2D eigenvalue weighted by Gasteiger charge is -2.05. The summed E-state index contributed by atoms with van der Waals surface area (Å²) in [6, 6.07) is 20.7. The van der Waals surface area contributed by atoms with E-state index < -0.39 is 0 Å². The number of hydrogen-bond donors (Lipinski definition) is 2. The summed E-state index contributed by atoms with van der Waals surface area (Å²) in [7, 11) is 0. The van der Waals surface area contributed by atoms with Gasteiger partial charge in [0, 0.05) is 5.56 Å². The Morgan fingerprint density at radius 1 is 1.00 bits per heavy atom. The fraction of sp³-hybridized carbons (Fsp3) is 0.0526. The molecule has 4 heteroatoms. The third-order valence-corrected chi connectivity index (χ3v) is 3.56. The number of carbonyl (C=O) groups excluding carboxylic acids is 1. The van der Waals surface area contributed by atoms with Gasteiger partial charge in [-0.3, -0.25) is 4.79 Å². The largest absolute Gasteiger partial charge is 0.507 e. The Morgan fingerprint density at radius 3 is 2.61 bits per heavy atom. The van der Waals surface area contributed by atoms with Crippen LogP contribution in [-0.2, 0) is 11.2 Å². The molecule has 3 aromatic carbocycles. The number of hydrogen-bond acceptors (Lipinski definition) is 3. The van der Waals surface area contributed by atoms with Gasteiger partial charge in [-0.25, -0.2) is 5.43 Å². The minimum atomic E-state index is -0.201. The highest BCUT2D eigenvalue weighted by Gasteiger charge is 2.06. The van der Waals surface area contributed by atoms with Crippen molar-refractivity contribution in [3.8, 4) is 5.75 Å². The van der Waals surface area contributed by atoms with E-state index in [0.717, 1.165) is 16.3 Å². The Kier molecular flexibility index (Phi) is 4.34. The Hall–Kier alpha value is -3.14. The SMILES string of the molecule is O=C(Cc1cccc2ccccc12)N/N=C/c1ccccc1O. The molecule has 0 heterocycles. The number of aromatic hydroxyl groups is 1. The number of phenols is 1. The number of para-hydroxylation sites is 1. The second-order valence-corrected chi connectivity index (χ2v) is 5.17. The van der Waals surface area contributed by atoms with Crippen LogP contribution in [0.5, 0.6) is 5.75 Å². The maximum absolute atomic E-state index is 12.0. The zero-order valence-electron chi connectivity index (χ0n) is 12.4. The quantitative estimate of drug-likeness (QED) is 0.574. The monoisotopic (exact) mass is 304 g/mol. The molecule has 0 saturated carbocycles. The molecule has 3 aromatic rings. The van der Waals surface area contributed by atoms with Gasteiger partial charge < -0.3 is 5.11 Å². The number of phenolic OH excluding ortho intramolecular Hbond substituents is 1. The number of amides is 1. The Balaban J connectivity index is 1.69. The number of carbonyl (C=O) groups is 1. The van der Waals surface area contributed by atoms with Crippen LogP contribution in [0, 0.1) is 0 Å². The second-order valence-electron chi connectivity index (χ2n) is 5.17. The number of fused-ring (bicyclic) bond motifs is 1. The molecule has 0 spiro atoms. The first-order valence-corrected chi connectivity index (χ1v) is 7.30. The van der Waals surface area contributed by atoms with E-state index in [2.05, 4.69) is 10.5 Å². The van der Waals surface area contributed by atoms with E-state index in [9.17, 15) is 9.90 Å². The van der Waals surface area contributed by atoms with E-state index in [1.807, 2.05) is 42.5 Å².